The summed E-state index contributed by atoms with van der Waals surface area (Å²) in [6.07, 6.45) is -5.89. The quantitative estimate of drug-likeness (QED) is 0.776. The zero-order valence-electron chi connectivity index (χ0n) is 11.0. The first-order chi connectivity index (χ1) is 9.72. The topological polar surface area (TPSA) is 72.2 Å². The monoisotopic (exact) mass is 340 g/mol. The summed E-state index contributed by atoms with van der Waals surface area (Å²) in [6, 6.07) is 3.45. The molecule has 118 valence electrons. The van der Waals surface area contributed by atoms with Crippen molar-refractivity contribution in [2.75, 3.05) is 12.3 Å². The van der Waals surface area contributed by atoms with E-state index in [1.807, 2.05) is 0 Å². The second-order valence-corrected chi connectivity index (χ2v) is 7.23. The Labute approximate surface area is 125 Å². The third kappa shape index (κ3) is 8.06. The number of halogens is 3. The Morgan fingerprint density at radius 3 is 2.67 bits per heavy atom. The summed E-state index contributed by atoms with van der Waals surface area (Å²) >= 11 is 1.31. The summed E-state index contributed by atoms with van der Waals surface area (Å²) in [5.74, 6) is 4.95. The lowest BCUT2D eigenvalue weighted by Crippen LogP contribution is -2.26. The molecule has 0 unspecified atom stereocenters. The smallest absolute Gasteiger partial charge is 0.320 e. The summed E-state index contributed by atoms with van der Waals surface area (Å²) in [5.41, 5.74) is 5.24. The number of nitrogens with one attached hydrogen (secondary N) is 1. The third-order valence-electron chi connectivity index (χ3n) is 2.31. The predicted molar refractivity (Wildman–Crippen MR) is 76.2 cm³/mol. The van der Waals surface area contributed by atoms with Gasteiger partial charge in [0.15, 0.2) is 0 Å². The number of alkyl halides is 3. The molecule has 4 nitrogen and oxygen atoms in total. The summed E-state index contributed by atoms with van der Waals surface area (Å²) in [4.78, 5) is 1.49. The van der Waals surface area contributed by atoms with E-state index in [4.69, 9.17) is 5.73 Å². The first-order valence-corrected chi connectivity index (χ1v) is 8.50. The highest BCUT2D eigenvalue weighted by molar-refractivity contribution is 7.89. The van der Waals surface area contributed by atoms with Gasteiger partial charge in [0.1, 0.15) is 0 Å². The van der Waals surface area contributed by atoms with E-state index >= 15 is 0 Å². The maximum atomic E-state index is 12.0. The van der Waals surface area contributed by atoms with Crippen LogP contribution in [0.15, 0.2) is 12.1 Å². The van der Waals surface area contributed by atoms with Gasteiger partial charge in [-0.05, 0) is 18.6 Å². The van der Waals surface area contributed by atoms with Gasteiger partial charge in [-0.1, -0.05) is 11.8 Å². The highest BCUT2D eigenvalue weighted by atomic mass is 32.2. The van der Waals surface area contributed by atoms with Crippen LogP contribution in [0.4, 0.5) is 13.2 Å². The van der Waals surface area contributed by atoms with Gasteiger partial charge < -0.3 is 5.73 Å². The van der Waals surface area contributed by atoms with Crippen LogP contribution in [0.3, 0.4) is 0 Å². The van der Waals surface area contributed by atoms with Gasteiger partial charge in [0.25, 0.3) is 0 Å². The van der Waals surface area contributed by atoms with Gasteiger partial charge in [-0.15, -0.1) is 11.3 Å². The lowest BCUT2D eigenvalue weighted by molar-refractivity contribution is -0.134. The zero-order valence-corrected chi connectivity index (χ0v) is 12.7. The molecular weight excluding hydrogens is 325 g/mol. The maximum Gasteiger partial charge on any atom is 0.389 e. The molecule has 0 radical (unpaired) electrons. The second kappa shape index (κ2) is 7.79. The van der Waals surface area contributed by atoms with Crippen LogP contribution in [-0.4, -0.2) is 26.9 Å². The maximum absolute atomic E-state index is 12.0. The molecule has 0 atom stereocenters. The van der Waals surface area contributed by atoms with Gasteiger partial charge in [0, 0.05) is 17.8 Å². The Kier molecular flexibility index (Phi) is 6.67. The average Bonchev–Trinajstić information content (AvgIpc) is 2.80. The Morgan fingerprint density at radius 1 is 1.33 bits per heavy atom. The molecule has 1 heterocycles. The predicted octanol–water partition coefficient (Wildman–Crippen LogP) is 1.82. The molecule has 0 aliphatic carbocycles. The molecule has 1 aromatic heterocycles. The standard InChI is InChI=1S/C12H15F3N2O2S2/c13-12(14,15)6-2-8-21(18,19)17-9-11-5-4-10(20-11)3-1-7-16/h4-5,17H,2,6-9,16H2. The lowest BCUT2D eigenvalue weighted by Gasteiger charge is -2.07. The third-order valence-corrected chi connectivity index (χ3v) is 4.73. The van der Waals surface area contributed by atoms with Crippen molar-refractivity contribution < 1.29 is 21.6 Å². The molecule has 1 rings (SSSR count). The molecule has 0 aliphatic heterocycles. The van der Waals surface area contributed by atoms with E-state index in [1.54, 1.807) is 12.1 Å². The Balaban J connectivity index is 2.44. The van der Waals surface area contributed by atoms with Crippen molar-refractivity contribution in [3.8, 4) is 11.8 Å². The van der Waals surface area contributed by atoms with E-state index in [0.717, 1.165) is 9.75 Å². The van der Waals surface area contributed by atoms with Gasteiger partial charge in [0.2, 0.25) is 10.0 Å². The van der Waals surface area contributed by atoms with Gasteiger partial charge in [-0.3, -0.25) is 0 Å². The van der Waals surface area contributed by atoms with Gasteiger partial charge >= 0.3 is 6.18 Å². The molecule has 0 aromatic carbocycles. The van der Waals surface area contributed by atoms with E-state index in [1.165, 1.54) is 11.3 Å². The number of rotatable bonds is 6. The second-order valence-electron chi connectivity index (χ2n) is 4.13. The van der Waals surface area contributed by atoms with Crippen LogP contribution in [0.25, 0.3) is 0 Å². The highest BCUT2D eigenvalue weighted by Crippen LogP contribution is 2.21. The summed E-state index contributed by atoms with van der Waals surface area (Å²) in [7, 11) is -3.71. The summed E-state index contributed by atoms with van der Waals surface area (Å²) in [5, 5.41) is 0. The van der Waals surface area contributed by atoms with E-state index in [9.17, 15) is 21.6 Å². The van der Waals surface area contributed by atoms with Crippen molar-refractivity contribution in [2.24, 2.45) is 5.73 Å². The molecule has 3 N–H and O–H groups in total. The van der Waals surface area contributed by atoms with Gasteiger partial charge in [0.05, 0.1) is 17.2 Å². The average molecular weight is 340 g/mol. The lowest BCUT2D eigenvalue weighted by atomic mass is 10.3. The largest absolute Gasteiger partial charge is 0.389 e. The number of hydrogen-bond acceptors (Lipinski definition) is 4. The molecule has 0 bridgehead atoms. The SMILES string of the molecule is NCC#Cc1ccc(CNS(=O)(=O)CCCC(F)(F)F)s1. The molecule has 9 heteroatoms. The van der Waals surface area contributed by atoms with Crippen LogP contribution in [0.1, 0.15) is 22.6 Å². The molecule has 1 aromatic rings. The number of nitrogens with two attached hydrogens (primary N) is 1. The first kappa shape index (κ1) is 18.0. The van der Waals surface area contributed by atoms with Crippen LogP contribution in [0.2, 0.25) is 0 Å². The van der Waals surface area contributed by atoms with Gasteiger partial charge in [-0.2, -0.15) is 13.2 Å². The molecule has 0 spiro atoms. The normalized spacial score (nSPS) is 12.0. The fraction of sp³-hybridized carbons (Fsp3) is 0.500. The molecule has 21 heavy (non-hydrogen) atoms. The number of thiophene rings is 1. The molecule has 0 saturated carbocycles. The van der Waals surface area contributed by atoms with Crippen LogP contribution in [0, 0.1) is 11.8 Å². The van der Waals surface area contributed by atoms with Crippen LogP contribution in [0.5, 0.6) is 0 Å². The Hall–Kier alpha value is -1.08. The molecule has 0 fully saturated rings. The van der Waals surface area contributed by atoms with Crippen LogP contribution >= 0.6 is 11.3 Å². The van der Waals surface area contributed by atoms with E-state index in [2.05, 4.69) is 16.6 Å². The fourth-order valence-corrected chi connectivity index (χ4v) is 3.35. The van der Waals surface area contributed by atoms with Crippen molar-refractivity contribution in [1.29, 1.82) is 0 Å². The van der Waals surface area contributed by atoms with E-state index < -0.39 is 34.8 Å². The van der Waals surface area contributed by atoms with E-state index in [0.29, 0.717) is 0 Å². The fourth-order valence-electron chi connectivity index (χ4n) is 1.39. The van der Waals surface area contributed by atoms with Crippen molar-refractivity contribution in [3.63, 3.8) is 0 Å². The Morgan fingerprint density at radius 2 is 2.05 bits per heavy atom. The van der Waals surface area contributed by atoms with Crippen LogP contribution in [-0.2, 0) is 16.6 Å². The summed E-state index contributed by atoms with van der Waals surface area (Å²) in [6.45, 7) is 0.280. The zero-order chi connectivity index (χ0) is 15.9. The molecule has 0 aliphatic rings. The van der Waals surface area contributed by atoms with Crippen molar-refractivity contribution in [3.05, 3.63) is 21.9 Å². The van der Waals surface area contributed by atoms with Gasteiger partial charge in [-0.25, -0.2) is 13.1 Å². The minimum absolute atomic E-state index is 0.0450. The van der Waals surface area contributed by atoms with Crippen LogP contribution < -0.4 is 10.5 Å². The minimum Gasteiger partial charge on any atom is -0.320 e. The highest BCUT2D eigenvalue weighted by Gasteiger charge is 2.27. The number of hydrogen-bond donors (Lipinski definition) is 2. The molecule has 0 amide bonds. The molecule has 0 saturated heterocycles. The van der Waals surface area contributed by atoms with Crippen molar-refractivity contribution >= 4 is 21.4 Å². The minimum atomic E-state index is -4.33. The van der Waals surface area contributed by atoms with Crippen molar-refractivity contribution in [2.45, 2.75) is 25.6 Å². The Bertz CT molecular complexity index is 612. The van der Waals surface area contributed by atoms with E-state index in [-0.39, 0.29) is 13.1 Å². The number of sulfonamides is 1. The van der Waals surface area contributed by atoms with Crippen molar-refractivity contribution in [1.82, 2.24) is 4.72 Å². The first-order valence-electron chi connectivity index (χ1n) is 6.03. The molecular formula is C12H15F3N2O2S2. The summed E-state index contributed by atoms with van der Waals surface area (Å²) < 4.78 is 61.2.